The first-order valence-corrected chi connectivity index (χ1v) is 5.75. The Morgan fingerprint density at radius 2 is 2.27 bits per heavy atom. The Hall–Kier alpha value is -0.610. The second kappa shape index (κ2) is 6.08. The van der Waals surface area contributed by atoms with Gasteiger partial charge in [0, 0.05) is 19.7 Å². The van der Waals surface area contributed by atoms with Gasteiger partial charge < -0.3 is 15.4 Å². The smallest absolute Gasteiger partial charge is 0.239 e. The van der Waals surface area contributed by atoms with Gasteiger partial charge in [0.15, 0.2) is 0 Å². The third-order valence-corrected chi connectivity index (χ3v) is 2.72. The fourth-order valence-corrected chi connectivity index (χ4v) is 1.70. The molecule has 4 heteroatoms. The van der Waals surface area contributed by atoms with Gasteiger partial charge in [0.05, 0.1) is 12.6 Å². The van der Waals surface area contributed by atoms with Crippen LogP contribution in [-0.2, 0) is 9.53 Å². The Labute approximate surface area is 91.8 Å². The van der Waals surface area contributed by atoms with Gasteiger partial charge in [-0.2, -0.15) is 0 Å². The predicted molar refractivity (Wildman–Crippen MR) is 59.5 cm³/mol. The highest BCUT2D eigenvalue weighted by Crippen LogP contribution is 2.27. The first-order valence-electron chi connectivity index (χ1n) is 5.75. The molecule has 0 saturated heterocycles. The Morgan fingerprint density at radius 3 is 2.73 bits per heavy atom. The van der Waals surface area contributed by atoms with Crippen molar-refractivity contribution in [2.75, 3.05) is 20.3 Å². The maximum atomic E-state index is 12.0. The zero-order valence-corrected chi connectivity index (χ0v) is 9.74. The summed E-state index contributed by atoms with van der Waals surface area (Å²) >= 11 is 0. The molecule has 15 heavy (non-hydrogen) atoms. The molecule has 2 N–H and O–H groups in total. The molecule has 1 aliphatic rings. The molecule has 0 aromatic carbocycles. The van der Waals surface area contributed by atoms with E-state index in [1.807, 2.05) is 11.8 Å². The summed E-state index contributed by atoms with van der Waals surface area (Å²) in [4.78, 5) is 13.9. The van der Waals surface area contributed by atoms with Crippen LogP contribution in [0.25, 0.3) is 0 Å². The van der Waals surface area contributed by atoms with E-state index in [4.69, 9.17) is 10.5 Å². The molecule has 0 bridgehead atoms. The normalized spacial score (nSPS) is 17.5. The van der Waals surface area contributed by atoms with Gasteiger partial charge >= 0.3 is 0 Å². The van der Waals surface area contributed by atoms with Gasteiger partial charge in [-0.05, 0) is 19.3 Å². The van der Waals surface area contributed by atoms with E-state index in [1.165, 1.54) is 0 Å². The number of hydrogen-bond acceptors (Lipinski definition) is 3. The lowest BCUT2D eigenvalue weighted by atomic mass is 10.1. The molecule has 1 aliphatic carbocycles. The molecule has 0 aliphatic heterocycles. The monoisotopic (exact) mass is 214 g/mol. The first kappa shape index (κ1) is 12.5. The van der Waals surface area contributed by atoms with Crippen molar-refractivity contribution in [3.63, 3.8) is 0 Å². The lowest BCUT2D eigenvalue weighted by Gasteiger charge is -2.25. The fraction of sp³-hybridized carbons (Fsp3) is 0.909. The second-order valence-corrected chi connectivity index (χ2v) is 4.15. The van der Waals surface area contributed by atoms with Crippen molar-refractivity contribution in [3.05, 3.63) is 0 Å². The molecular weight excluding hydrogens is 192 g/mol. The number of rotatable bonds is 7. The lowest BCUT2D eigenvalue weighted by Crippen LogP contribution is -2.46. The summed E-state index contributed by atoms with van der Waals surface area (Å²) in [6.45, 7) is 3.32. The maximum Gasteiger partial charge on any atom is 0.239 e. The molecule has 1 amide bonds. The molecule has 1 saturated carbocycles. The minimum absolute atomic E-state index is 0.0939. The molecule has 4 nitrogen and oxygen atoms in total. The summed E-state index contributed by atoms with van der Waals surface area (Å²) in [5.74, 6) is 0.0939. The van der Waals surface area contributed by atoms with Crippen LogP contribution >= 0.6 is 0 Å². The van der Waals surface area contributed by atoms with E-state index in [0.717, 1.165) is 25.7 Å². The average molecular weight is 214 g/mol. The molecule has 88 valence electrons. The first-order chi connectivity index (χ1) is 7.20. The molecule has 0 radical (unpaired) electrons. The molecule has 1 atom stereocenters. The molecule has 0 heterocycles. The van der Waals surface area contributed by atoms with E-state index < -0.39 is 0 Å². The molecule has 0 unspecified atom stereocenters. The SMILES string of the molecule is CCC[C@H](N)C(=O)N(CCOC)C1CC1. The van der Waals surface area contributed by atoms with Crippen LogP contribution < -0.4 is 5.73 Å². The van der Waals surface area contributed by atoms with Gasteiger partial charge in [-0.3, -0.25) is 4.79 Å². The van der Waals surface area contributed by atoms with Crippen LogP contribution in [0.4, 0.5) is 0 Å². The van der Waals surface area contributed by atoms with E-state index in [0.29, 0.717) is 19.2 Å². The Balaban J connectivity index is 2.43. The maximum absolute atomic E-state index is 12.0. The topological polar surface area (TPSA) is 55.6 Å². The van der Waals surface area contributed by atoms with Gasteiger partial charge in [0.2, 0.25) is 5.91 Å². The fourth-order valence-electron chi connectivity index (χ4n) is 1.70. The number of nitrogens with zero attached hydrogens (tertiary/aromatic N) is 1. The number of ether oxygens (including phenoxy) is 1. The van der Waals surface area contributed by atoms with E-state index in [2.05, 4.69) is 0 Å². The van der Waals surface area contributed by atoms with Crippen LogP contribution in [0.15, 0.2) is 0 Å². The van der Waals surface area contributed by atoms with Crippen molar-refractivity contribution in [1.29, 1.82) is 0 Å². The summed E-state index contributed by atoms with van der Waals surface area (Å²) in [6, 6.07) is 0.100. The highest BCUT2D eigenvalue weighted by molar-refractivity contribution is 5.82. The van der Waals surface area contributed by atoms with E-state index in [9.17, 15) is 4.79 Å². The highest BCUT2D eigenvalue weighted by Gasteiger charge is 2.33. The van der Waals surface area contributed by atoms with Crippen LogP contribution in [0.1, 0.15) is 32.6 Å². The summed E-state index contributed by atoms with van der Waals surface area (Å²) in [5.41, 5.74) is 5.83. The van der Waals surface area contributed by atoms with Crippen LogP contribution in [0, 0.1) is 0 Å². The molecule has 0 aromatic rings. The molecule has 0 spiro atoms. The predicted octanol–water partition coefficient (Wildman–Crippen LogP) is 0.751. The third kappa shape index (κ3) is 3.80. The van der Waals surface area contributed by atoms with Crippen molar-refractivity contribution < 1.29 is 9.53 Å². The summed E-state index contributed by atoms with van der Waals surface area (Å²) in [5, 5.41) is 0. The third-order valence-electron chi connectivity index (χ3n) is 2.72. The van der Waals surface area contributed by atoms with Gasteiger partial charge in [-0.1, -0.05) is 13.3 Å². The largest absolute Gasteiger partial charge is 0.383 e. The van der Waals surface area contributed by atoms with Crippen LogP contribution in [0.5, 0.6) is 0 Å². The van der Waals surface area contributed by atoms with Crippen LogP contribution in [0.2, 0.25) is 0 Å². The minimum Gasteiger partial charge on any atom is -0.383 e. The van der Waals surface area contributed by atoms with Crippen LogP contribution in [0.3, 0.4) is 0 Å². The number of carbonyl (C=O) groups excluding carboxylic acids is 1. The standard InChI is InChI=1S/C11H22N2O2/c1-3-4-10(12)11(14)13(7-8-15-2)9-5-6-9/h9-10H,3-8,12H2,1-2H3/t10-/m0/s1. The minimum atomic E-state index is -0.326. The zero-order chi connectivity index (χ0) is 11.3. The number of nitrogens with two attached hydrogens (primary N) is 1. The second-order valence-electron chi connectivity index (χ2n) is 4.15. The van der Waals surface area contributed by atoms with Gasteiger partial charge in [-0.25, -0.2) is 0 Å². The average Bonchev–Trinajstić information content (AvgIpc) is 3.02. The Bertz CT molecular complexity index is 205. The lowest BCUT2D eigenvalue weighted by molar-refractivity contribution is -0.134. The Kier molecular flexibility index (Phi) is 5.05. The van der Waals surface area contributed by atoms with Crippen LogP contribution in [-0.4, -0.2) is 43.2 Å². The zero-order valence-electron chi connectivity index (χ0n) is 9.74. The van der Waals surface area contributed by atoms with E-state index in [-0.39, 0.29) is 11.9 Å². The van der Waals surface area contributed by atoms with Gasteiger partial charge in [0.1, 0.15) is 0 Å². The molecule has 1 rings (SSSR count). The van der Waals surface area contributed by atoms with E-state index in [1.54, 1.807) is 7.11 Å². The molecule has 1 fully saturated rings. The number of carbonyl (C=O) groups is 1. The Morgan fingerprint density at radius 1 is 1.60 bits per heavy atom. The van der Waals surface area contributed by atoms with Gasteiger partial charge in [0.25, 0.3) is 0 Å². The number of methoxy groups -OCH3 is 1. The highest BCUT2D eigenvalue weighted by atomic mass is 16.5. The summed E-state index contributed by atoms with van der Waals surface area (Å²) < 4.78 is 5.01. The van der Waals surface area contributed by atoms with Crippen molar-refractivity contribution in [3.8, 4) is 0 Å². The van der Waals surface area contributed by atoms with E-state index >= 15 is 0 Å². The quantitative estimate of drug-likeness (QED) is 0.680. The molecular formula is C11H22N2O2. The van der Waals surface area contributed by atoms with Crippen molar-refractivity contribution in [1.82, 2.24) is 4.90 Å². The summed E-state index contributed by atoms with van der Waals surface area (Å²) in [6.07, 6.45) is 3.97. The number of amides is 1. The summed E-state index contributed by atoms with van der Waals surface area (Å²) in [7, 11) is 1.65. The van der Waals surface area contributed by atoms with Gasteiger partial charge in [-0.15, -0.1) is 0 Å². The van der Waals surface area contributed by atoms with Crippen molar-refractivity contribution in [2.45, 2.75) is 44.7 Å². The van der Waals surface area contributed by atoms with Crippen molar-refractivity contribution >= 4 is 5.91 Å². The molecule has 0 aromatic heterocycles. The number of hydrogen-bond donors (Lipinski definition) is 1. The van der Waals surface area contributed by atoms with Crippen molar-refractivity contribution in [2.24, 2.45) is 5.73 Å².